The quantitative estimate of drug-likeness (QED) is 0.858. The molecule has 0 saturated carbocycles. The highest BCUT2D eigenvalue weighted by molar-refractivity contribution is 6.04. The van der Waals surface area contributed by atoms with E-state index in [0.717, 1.165) is 11.4 Å². The molecule has 1 aliphatic rings. The minimum Gasteiger partial charge on any atom is -0.396 e. The van der Waals surface area contributed by atoms with E-state index in [2.05, 4.69) is 18.3 Å². The Labute approximate surface area is 108 Å². The second-order valence-corrected chi connectivity index (χ2v) is 4.89. The summed E-state index contributed by atoms with van der Waals surface area (Å²) in [7, 11) is 0. The second kappa shape index (κ2) is 4.98. The number of nitrogens with zero attached hydrogens (tertiary/aromatic N) is 1. The molecule has 0 saturated heterocycles. The van der Waals surface area contributed by atoms with Crippen LogP contribution < -0.4 is 10.2 Å². The number of nitrogens with one attached hydrogen (secondary N) is 1. The molecule has 0 bridgehead atoms. The summed E-state index contributed by atoms with van der Waals surface area (Å²) in [4.78, 5) is 13.9. The van der Waals surface area contributed by atoms with Gasteiger partial charge in [0.05, 0.1) is 11.4 Å². The van der Waals surface area contributed by atoms with Crippen LogP contribution in [0.15, 0.2) is 12.1 Å². The third-order valence-electron chi connectivity index (χ3n) is 3.45. The van der Waals surface area contributed by atoms with E-state index in [4.69, 9.17) is 5.11 Å². The fourth-order valence-electron chi connectivity index (χ4n) is 2.25. The van der Waals surface area contributed by atoms with Crippen LogP contribution >= 0.6 is 0 Å². The van der Waals surface area contributed by atoms with Gasteiger partial charge in [-0.15, -0.1) is 0 Å². The second-order valence-electron chi connectivity index (χ2n) is 4.89. The molecule has 1 aromatic rings. The van der Waals surface area contributed by atoms with Gasteiger partial charge in [0, 0.05) is 13.2 Å². The number of anilines is 2. The van der Waals surface area contributed by atoms with Gasteiger partial charge in [0.25, 0.3) is 0 Å². The molecule has 1 atom stereocenters. The van der Waals surface area contributed by atoms with Gasteiger partial charge in [-0.25, -0.2) is 0 Å². The fraction of sp³-hybridized carbons (Fsp3) is 0.500. The van der Waals surface area contributed by atoms with Gasteiger partial charge in [0.15, 0.2) is 0 Å². The van der Waals surface area contributed by atoms with Crippen molar-refractivity contribution < 1.29 is 9.90 Å². The van der Waals surface area contributed by atoms with Crippen LogP contribution in [0.25, 0.3) is 0 Å². The maximum absolute atomic E-state index is 12.2. The normalized spacial score (nSPS) is 18.6. The monoisotopic (exact) mass is 248 g/mol. The Kier molecular flexibility index (Phi) is 3.57. The van der Waals surface area contributed by atoms with Crippen molar-refractivity contribution in [3.8, 4) is 0 Å². The number of amides is 1. The molecule has 4 heteroatoms. The van der Waals surface area contributed by atoms with Crippen LogP contribution in [0.3, 0.4) is 0 Å². The van der Waals surface area contributed by atoms with Crippen molar-refractivity contribution in [1.82, 2.24) is 0 Å². The van der Waals surface area contributed by atoms with Crippen molar-refractivity contribution in [2.24, 2.45) is 0 Å². The lowest BCUT2D eigenvalue weighted by molar-refractivity contribution is -0.119. The molecule has 1 aromatic carbocycles. The molecule has 0 fully saturated rings. The van der Waals surface area contributed by atoms with Crippen LogP contribution in [0.4, 0.5) is 11.4 Å². The zero-order valence-corrected chi connectivity index (χ0v) is 11.2. The highest BCUT2D eigenvalue weighted by atomic mass is 16.3. The molecule has 4 nitrogen and oxygen atoms in total. The first-order chi connectivity index (χ1) is 8.54. The molecule has 2 rings (SSSR count). The number of aryl methyl sites for hydroxylation is 2. The van der Waals surface area contributed by atoms with Crippen molar-refractivity contribution in [2.75, 3.05) is 23.4 Å². The van der Waals surface area contributed by atoms with Crippen molar-refractivity contribution in [3.05, 3.63) is 23.3 Å². The van der Waals surface area contributed by atoms with Crippen LogP contribution in [0.1, 0.15) is 24.5 Å². The summed E-state index contributed by atoms with van der Waals surface area (Å²) in [6.07, 6.45) is 0.602. The first-order valence-corrected chi connectivity index (χ1v) is 6.34. The summed E-state index contributed by atoms with van der Waals surface area (Å²) in [6, 6.07) is 3.91. The summed E-state index contributed by atoms with van der Waals surface area (Å²) >= 11 is 0. The largest absolute Gasteiger partial charge is 0.396 e. The predicted octanol–water partition coefficient (Wildman–Crippen LogP) is 1.83. The van der Waals surface area contributed by atoms with Gasteiger partial charge in [-0.3, -0.25) is 4.79 Å². The van der Waals surface area contributed by atoms with E-state index in [-0.39, 0.29) is 18.6 Å². The lowest BCUT2D eigenvalue weighted by Crippen LogP contribution is -2.46. The first kappa shape index (κ1) is 12.9. The number of rotatable bonds is 3. The smallest absolute Gasteiger partial charge is 0.249 e. The van der Waals surface area contributed by atoms with E-state index in [1.807, 2.05) is 19.9 Å². The molecule has 1 amide bonds. The maximum atomic E-state index is 12.2. The van der Waals surface area contributed by atoms with Gasteiger partial charge < -0.3 is 15.3 Å². The fourth-order valence-corrected chi connectivity index (χ4v) is 2.25. The zero-order chi connectivity index (χ0) is 13.3. The Morgan fingerprint density at radius 1 is 1.33 bits per heavy atom. The van der Waals surface area contributed by atoms with E-state index >= 15 is 0 Å². The van der Waals surface area contributed by atoms with Gasteiger partial charge in [-0.05, 0) is 50.5 Å². The standard InChI is InChI=1S/C14H20N2O2/c1-9-7-12-13(8-10(9)2)16(5-4-6-17)14(18)11(3)15-12/h7-8,11,15,17H,4-6H2,1-3H3. The van der Waals surface area contributed by atoms with Crippen LogP contribution in [-0.2, 0) is 4.79 Å². The number of hydrogen-bond acceptors (Lipinski definition) is 3. The van der Waals surface area contributed by atoms with Crippen molar-refractivity contribution in [1.29, 1.82) is 0 Å². The molecule has 1 unspecified atom stereocenters. The van der Waals surface area contributed by atoms with Crippen LogP contribution in [-0.4, -0.2) is 30.2 Å². The number of fused-ring (bicyclic) bond motifs is 1. The van der Waals surface area contributed by atoms with Crippen LogP contribution in [0.5, 0.6) is 0 Å². The molecular formula is C14H20N2O2. The predicted molar refractivity (Wildman–Crippen MR) is 73.1 cm³/mol. The maximum Gasteiger partial charge on any atom is 0.249 e. The average molecular weight is 248 g/mol. The van der Waals surface area contributed by atoms with E-state index < -0.39 is 0 Å². The molecular weight excluding hydrogens is 228 g/mol. The highest BCUT2D eigenvalue weighted by Crippen LogP contribution is 2.34. The summed E-state index contributed by atoms with van der Waals surface area (Å²) in [5.74, 6) is 0.0687. The molecule has 0 spiro atoms. The Morgan fingerprint density at radius 3 is 2.67 bits per heavy atom. The van der Waals surface area contributed by atoms with E-state index in [1.165, 1.54) is 11.1 Å². The molecule has 98 valence electrons. The number of carbonyl (C=O) groups excluding carboxylic acids is 1. The van der Waals surface area contributed by atoms with Crippen LogP contribution in [0.2, 0.25) is 0 Å². The summed E-state index contributed by atoms with van der Waals surface area (Å²) in [5.41, 5.74) is 4.31. The van der Waals surface area contributed by atoms with Gasteiger partial charge in [0.1, 0.15) is 6.04 Å². The number of hydrogen-bond donors (Lipinski definition) is 2. The molecule has 2 N–H and O–H groups in total. The van der Waals surface area contributed by atoms with Gasteiger partial charge >= 0.3 is 0 Å². The van der Waals surface area contributed by atoms with Gasteiger partial charge in [0.2, 0.25) is 5.91 Å². The number of aliphatic hydroxyl groups excluding tert-OH is 1. The lowest BCUT2D eigenvalue weighted by Gasteiger charge is -2.34. The summed E-state index contributed by atoms with van der Waals surface area (Å²) < 4.78 is 0. The Hall–Kier alpha value is -1.55. The van der Waals surface area contributed by atoms with Crippen LogP contribution in [0, 0.1) is 13.8 Å². The Bertz CT molecular complexity index is 471. The Morgan fingerprint density at radius 2 is 2.00 bits per heavy atom. The van der Waals surface area contributed by atoms with E-state index in [0.29, 0.717) is 13.0 Å². The third kappa shape index (κ3) is 2.20. The topological polar surface area (TPSA) is 52.6 Å². The molecule has 0 aromatic heterocycles. The molecule has 18 heavy (non-hydrogen) atoms. The molecule has 1 aliphatic heterocycles. The van der Waals surface area contributed by atoms with Gasteiger partial charge in [-0.1, -0.05) is 0 Å². The minimum absolute atomic E-state index is 0.0687. The summed E-state index contributed by atoms with van der Waals surface area (Å²) in [5, 5.41) is 12.2. The van der Waals surface area contributed by atoms with E-state index in [9.17, 15) is 4.79 Å². The van der Waals surface area contributed by atoms with E-state index in [1.54, 1.807) is 4.90 Å². The van der Waals surface area contributed by atoms with Crippen molar-refractivity contribution in [3.63, 3.8) is 0 Å². The average Bonchev–Trinajstić information content (AvgIpc) is 2.33. The summed E-state index contributed by atoms with van der Waals surface area (Å²) in [6.45, 7) is 6.65. The Balaban J connectivity index is 2.41. The number of aliphatic hydroxyl groups is 1. The van der Waals surface area contributed by atoms with Crippen molar-refractivity contribution >= 4 is 17.3 Å². The van der Waals surface area contributed by atoms with Crippen molar-refractivity contribution in [2.45, 2.75) is 33.2 Å². The zero-order valence-electron chi connectivity index (χ0n) is 11.2. The molecule has 0 radical (unpaired) electrons. The molecule has 1 heterocycles. The minimum atomic E-state index is -0.210. The highest BCUT2D eigenvalue weighted by Gasteiger charge is 2.29. The number of benzene rings is 1. The van der Waals surface area contributed by atoms with Gasteiger partial charge in [-0.2, -0.15) is 0 Å². The third-order valence-corrected chi connectivity index (χ3v) is 3.45. The first-order valence-electron chi connectivity index (χ1n) is 6.34. The lowest BCUT2D eigenvalue weighted by atomic mass is 10.0. The SMILES string of the molecule is Cc1cc2c(cc1C)N(CCCO)C(=O)C(C)N2. The number of carbonyl (C=O) groups is 1. The molecule has 0 aliphatic carbocycles.